The zero-order chi connectivity index (χ0) is 17.5. The molecule has 0 spiro atoms. The van der Waals surface area contributed by atoms with Crippen molar-refractivity contribution in [2.24, 2.45) is 5.92 Å². The number of anilines is 2. The van der Waals surface area contributed by atoms with Gasteiger partial charge in [-0.2, -0.15) is 0 Å². The van der Waals surface area contributed by atoms with E-state index in [0.29, 0.717) is 29.5 Å². The molecule has 24 heavy (non-hydrogen) atoms. The topological polar surface area (TPSA) is 84.0 Å². The molecule has 6 heteroatoms. The van der Waals surface area contributed by atoms with Gasteiger partial charge in [0.2, 0.25) is 5.95 Å². The fourth-order valence-corrected chi connectivity index (χ4v) is 2.00. The second kappa shape index (κ2) is 8.19. The first-order valence-electron chi connectivity index (χ1n) is 7.94. The van der Waals surface area contributed by atoms with E-state index in [0.717, 1.165) is 12.1 Å². The number of carbonyl (C=O) groups excluding carboxylic acids is 2. The molecule has 2 rings (SSSR count). The molecule has 0 fully saturated rings. The molecule has 0 aliphatic heterocycles. The molecule has 1 aromatic carbocycles. The van der Waals surface area contributed by atoms with Crippen molar-refractivity contribution in [2.45, 2.75) is 27.2 Å². The van der Waals surface area contributed by atoms with Crippen LogP contribution in [0.5, 0.6) is 0 Å². The highest BCUT2D eigenvalue weighted by Crippen LogP contribution is 2.14. The van der Waals surface area contributed by atoms with Crippen molar-refractivity contribution in [1.29, 1.82) is 0 Å². The first kappa shape index (κ1) is 17.6. The molecule has 0 unspecified atom stereocenters. The lowest BCUT2D eigenvalue weighted by Crippen LogP contribution is -2.25. The number of benzene rings is 1. The molecular weight excluding hydrogens is 304 g/mol. The molecule has 1 amide bonds. The Kier molecular flexibility index (Phi) is 6.01. The summed E-state index contributed by atoms with van der Waals surface area (Å²) in [5.74, 6) is 0.783. The normalized spacial score (nSPS) is 10.5. The average Bonchev–Trinajstić information content (AvgIpc) is 2.55. The molecule has 2 N–H and O–H groups in total. The van der Waals surface area contributed by atoms with Crippen LogP contribution in [-0.4, -0.2) is 28.2 Å². The van der Waals surface area contributed by atoms with Gasteiger partial charge >= 0.3 is 0 Å². The molecule has 0 bridgehead atoms. The number of nitrogens with one attached hydrogen (secondary N) is 2. The number of nitrogens with zero attached hydrogens (tertiary/aromatic N) is 2. The molecule has 0 saturated heterocycles. The Morgan fingerprint density at radius 2 is 1.67 bits per heavy atom. The van der Waals surface area contributed by atoms with Crippen molar-refractivity contribution in [3.63, 3.8) is 0 Å². The van der Waals surface area contributed by atoms with Crippen LogP contribution in [0.25, 0.3) is 0 Å². The Bertz CT molecular complexity index is 694. The number of Topliss-reactive ketones (excluding diaryl/α,β-unsaturated/α-hetero) is 1. The minimum atomic E-state index is -0.173. The predicted molar refractivity (Wildman–Crippen MR) is 93.5 cm³/mol. The zero-order valence-corrected chi connectivity index (χ0v) is 14.2. The summed E-state index contributed by atoms with van der Waals surface area (Å²) in [5, 5.41) is 5.87. The maximum Gasteiger partial charge on any atom is 0.254 e. The largest absolute Gasteiger partial charge is 0.352 e. The van der Waals surface area contributed by atoms with E-state index >= 15 is 0 Å². The van der Waals surface area contributed by atoms with Crippen LogP contribution in [0.15, 0.2) is 36.7 Å². The van der Waals surface area contributed by atoms with Gasteiger partial charge in [-0.25, -0.2) is 9.97 Å². The molecule has 0 aliphatic rings. The Balaban J connectivity index is 1.94. The third-order valence-electron chi connectivity index (χ3n) is 3.47. The summed E-state index contributed by atoms with van der Waals surface area (Å²) in [6.07, 6.45) is 3.91. The van der Waals surface area contributed by atoms with Gasteiger partial charge in [0, 0.05) is 30.2 Å². The fourth-order valence-electron chi connectivity index (χ4n) is 2.00. The minimum absolute atomic E-state index is 0.0191. The van der Waals surface area contributed by atoms with Crippen molar-refractivity contribution in [3.05, 3.63) is 47.8 Å². The Labute approximate surface area is 141 Å². The lowest BCUT2D eigenvalue weighted by atomic mass is 10.1. The van der Waals surface area contributed by atoms with Gasteiger partial charge in [-0.3, -0.25) is 9.59 Å². The van der Waals surface area contributed by atoms with E-state index < -0.39 is 0 Å². The lowest BCUT2D eigenvalue weighted by molar-refractivity contribution is 0.0950. The van der Waals surface area contributed by atoms with Crippen LogP contribution in [0.1, 0.15) is 47.9 Å². The van der Waals surface area contributed by atoms with Crippen molar-refractivity contribution in [2.75, 3.05) is 11.9 Å². The summed E-state index contributed by atoms with van der Waals surface area (Å²) >= 11 is 0. The maximum atomic E-state index is 12.0. The van der Waals surface area contributed by atoms with Crippen LogP contribution in [0.2, 0.25) is 0 Å². The average molecular weight is 326 g/mol. The van der Waals surface area contributed by atoms with Crippen LogP contribution in [0.3, 0.4) is 0 Å². The number of amides is 1. The van der Waals surface area contributed by atoms with E-state index in [4.69, 9.17) is 0 Å². The summed E-state index contributed by atoms with van der Waals surface area (Å²) in [4.78, 5) is 31.5. The van der Waals surface area contributed by atoms with Gasteiger partial charge in [0.05, 0.1) is 5.56 Å². The van der Waals surface area contributed by atoms with E-state index in [1.807, 2.05) is 0 Å². The molecule has 0 atom stereocenters. The number of hydrogen-bond acceptors (Lipinski definition) is 5. The van der Waals surface area contributed by atoms with E-state index in [1.165, 1.54) is 19.3 Å². The lowest BCUT2D eigenvalue weighted by Gasteiger charge is -2.08. The van der Waals surface area contributed by atoms with Gasteiger partial charge < -0.3 is 10.6 Å². The Morgan fingerprint density at radius 3 is 2.21 bits per heavy atom. The second-order valence-electron chi connectivity index (χ2n) is 5.99. The third-order valence-corrected chi connectivity index (χ3v) is 3.47. The smallest absolute Gasteiger partial charge is 0.254 e. The number of ketones is 1. The molecule has 1 heterocycles. The Morgan fingerprint density at radius 1 is 1.04 bits per heavy atom. The number of rotatable bonds is 7. The van der Waals surface area contributed by atoms with Crippen LogP contribution in [-0.2, 0) is 0 Å². The molecule has 1 aromatic heterocycles. The molecule has 0 aliphatic carbocycles. The highest BCUT2D eigenvalue weighted by Gasteiger charge is 2.07. The standard InChI is InChI=1S/C18H22N4O2/c1-12(2)8-9-19-17(24)15-10-20-18(21-11-15)22-16-6-4-14(5-7-16)13(3)23/h4-7,10-12H,8-9H2,1-3H3,(H,19,24)(H,20,21,22). The second-order valence-corrected chi connectivity index (χ2v) is 5.99. The van der Waals surface area contributed by atoms with Crippen molar-refractivity contribution in [1.82, 2.24) is 15.3 Å². The molecule has 0 radical (unpaired) electrons. The number of hydrogen-bond donors (Lipinski definition) is 2. The zero-order valence-electron chi connectivity index (χ0n) is 14.2. The van der Waals surface area contributed by atoms with Gasteiger partial charge in [-0.1, -0.05) is 13.8 Å². The maximum absolute atomic E-state index is 12.0. The first-order chi connectivity index (χ1) is 11.5. The van der Waals surface area contributed by atoms with Gasteiger partial charge in [0.25, 0.3) is 5.91 Å². The molecular formula is C18H22N4O2. The monoisotopic (exact) mass is 326 g/mol. The quantitative estimate of drug-likeness (QED) is 0.763. The highest BCUT2D eigenvalue weighted by atomic mass is 16.1. The number of carbonyl (C=O) groups is 2. The van der Waals surface area contributed by atoms with E-state index in [2.05, 4.69) is 34.4 Å². The summed E-state index contributed by atoms with van der Waals surface area (Å²) in [7, 11) is 0. The van der Waals surface area contributed by atoms with Gasteiger partial charge in [-0.15, -0.1) is 0 Å². The predicted octanol–water partition coefficient (Wildman–Crippen LogP) is 3.20. The fraction of sp³-hybridized carbons (Fsp3) is 0.333. The molecule has 2 aromatic rings. The molecule has 126 valence electrons. The number of aromatic nitrogens is 2. The molecule has 0 saturated carbocycles. The van der Waals surface area contributed by atoms with Gasteiger partial charge in [0.15, 0.2) is 5.78 Å². The van der Waals surface area contributed by atoms with Gasteiger partial charge in [-0.05, 0) is 43.5 Å². The van der Waals surface area contributed by atoms with Crippen molar-refractivity contribution in [3.8, 4) is 0 Å². The van der Waals surface area contributed by atoms with E-state index in [9.17, 15) is 9.59 Å². The Hall–Kier alpha value is -2.76. The van der Waals surface area contributed by atoms with Gasteiger partial charge in [0.1, 0.15) is 0 Å². The SMILES string of the molecule is CC(=O)c1ccc(Nc2ncc(C(=O)NCCC(C)C)cn2)cc1. The van der Waals surface area contributed by atoms with Crippen molar-refractivity contribution >= 4 is 23.3 Å². The van der Waals surface area contributed by atoms with Crippen LogP contribution < -0.4 is 10.6 Å². The summed E-state index contributed by atoms with van der Waals surface area (Å²) in [5.41, 5.74) is 1.85. The van der Waals surface area contributed by atoms with E-state index in [-0.39, 0.29) is 11.7 Å². The van der Waals surface area contributed by atoms with Crippen LogP contribution in [0, 0.1) is 5.92 Å². The van der Waals surface area contributed by atoms with Crippen LogP contribution in [0.4, 0.5) is 11.6 Å². The highest BCUT2D eigenvalue weighted by molar-refractivity contribution is 5.94. The molecule has 6 nitrogen and oxygen atoms in total. The summed E-state index contributed by atoms with van der Waals surface area (Å²) < 4.78 is 0. The van der Waals surface area contributed by atoms with E-state index in [1.54, 1.807) is 24.3 Å². The summed E-state index contributed by atoms with van der Waals surface area (Å²) in [6, 6.07) is 7.04. The van der Waals surface area contributed by atoms with Crippen LogP contribution >= 0.6 is 0 Å². The summed E-state index contributed by atoms with van der Waals surface area (Å²) in [6.45, 7) is 6.38. The minimum Gasteiger partial charge on any atom is -0.352 e. The van der Waals surface area contributed by atoms with Crippen molar-refractivity contribution < 1.29 is 9.59 Å². The third kappa shape index (κ3) is 5.15. The first-order valence-corrected chi connectivity index (χ1v) is 7.94.